The Balaban J connectivity index is 2.22. The van der Waals surface area contributed by atoms with Gasteiger partial charge in [-0.2, -0.15) is 0 Å². The molecule has 5 heteroatoms. The second-order valence-electron chi connectivity index (χ2n) is 5.02. The minimum absolute atomic E-state index is 0.235. The third kappa shape index (κ3) is 4.44. The molecule has 0 fully saturated rings. The molecule has 0 aromatic heterocycles. The number of carbonyl (C=O) groups is 2. The van der Waals surface area contributed by atoms with Crippen molar-refractivity contribution >= 4 is 29.3 Å². The number of nitrogens with one attached hydrogen (secondary N) is 1. The predicted molar refractivity (Wildman–Crippen MR) is 91.3 cm³/mol. The summed E-state index contributed by atoms with van der Waals surface area (Å²) in [5.74, 6) is -1.23. The summed E-state index contributed by atoms with van der Waals surface area (Å²) in [5, 5.41) is 11.5. The van der Waals surface area contributed by atoms with Crippen molar-refractivity contribution in [3.63, 3.8) is 0 Å². The first-order valence-corrected chi connectivity index (χ1v) is 7.20. The molecule has 0 saturated heterocycles. The molecule has 2 rings (SSSR count). The van der Waals surface area contributed by atoms with Gasteiger partial charge < -0.3 is 16.2 Å². The summed E-state index contributed by atoms with van der Waals surface area (Å²) in [6, 6.07) is 12.1. The van der Waals surface area contributed by atoms with Crippen LogP contribution in [0.15, 0.2) is 48.5 Å². The molecular formula is C18H18N2O3. The first-order valence-electron chi connectivity index (χ1n) is 7.20. The summed E-state index contributed by atoms with van der Waals surface area (Å²) < 4.78 is 0. The Morgan fingerprint density at radius 3 is 2.65 bits per heavy atom. The molecule has 0 heterocycles. The highest BCUT2D eigenvalue weighted by atomic mass is 16.4. The van der Waals surface area contributed by atoms with Gasteiger partial charge in [-0.05, 0) is 54.0 Å². The zero-order valence-electron chi connectivity index (χ0n) is 12.7. The van der Waals surface area contributed by atoms with Crippen LogP contribution in [0.25, 0.3) is 6.08 Å². The molecule has 0 aliphatic rings. The van der Waals surface area contributed by atoms with E-state index < -0.39 is 5.97 Å². The van der Waals surface area contributed by atoms with Gasteiger partial charge in [0, 0.05) is 23.0 Å². The summed E-state index contributed by atoms with van der Waals surface area (Å²) in [7, 11) is 0. The van der Waals surface area contributed by atoms with E-state index in [1.807, 2.05) is 13.0 Å². The van der Waals surface area contributed by atoms with E-state index in [4.69, 9.17) is 10.8 Å². The lowest BCUT2D eigenvalue weighted by molar-refractivity contribution is -0.131. The molecule has 0 radical (unpaired) electrons. The molecule has 0 saturated carbocycles. The van der Waals surface area contributed by atoms with Crippen LogP contribution in [0.1, 0.15) is 28.4 Å². The van der Waals surface area contributed by atoms with E-state index in [-0.39, 0.29) is 5.91 Å². The van der Waals surface area contributed by atoms with Crippen molar-refractivity contribution < 1.29 is 14.7 Å². The second kappa shape index (κ2) is 7.26. The third-order valence-corrected chi connectivity index (χ3v) is 3.33. The molecule has 23 heavy (non-hydrogen) atoms. The van der Waals surface area contributed by atoms with Gasteiger partial charge >= 0.3 is 5.97 Å². The van der Waals surface area contributed by atoms with Crippen molar-refractivity contribution in [2.45, 2.75) is 13.3 Å². The zero-order valence-corrected chi connectivity index (χ0v) is 12.7. The smallest absolute Gasteiger partial charge is 0.328 e. The molecule has 0 aliphatic heterocycles. The van der Waals surface area contributed by atoms with Gasteiger partial charge in [-0.1, -0.05) is 19.1 Å². The minimum atomic E-state index is -0.998. The molecular weight excluding hydrogens is 292 g/mol. The Labute approximate surface area is 134 Å². The van der Waals surface area contributed by atoms with Gasteiger partial charge in [0.2, 0.25) is 0 Å². The molecule has 0 aliphatic carbocycles. The van der Waals surface area contributed by atoms with Gasteiger partial charge in [-0.3, -0.25) is 4.79 Å². The van der Waals surface area contributed by atoms with E-state index in [1.54, 1.807) is 36.4 Å². The maximum atomic E-state index is 12.3. The summed E-state index contributed by atoms with van der Waals surface area (Å²) in [6.45, 7) is 1.97. The number of carboxylic acids is 1. The molecule has 118 valence electrons. The fraction of sp³-hybridized carbons (Fsp3) is 0.111. The summed E-state index contributed by atoms with van der Waals surface area (Å²) in [6.07, 6.45) is 3.31. The zero-order chi connectivity index (χ0) is 16.8. The molecule has 0 spiro atoms. The summed E-state index contributed by atoms with van der Waals surface area (Å²) >= 11 is 0. The average molecular weight is 310 g/mol. The molecule has 4 N–H and O–H groups in total. The van der Waals surface area contributed by atoms with Crippen molar-refractivity contribution in [2.24, 2.45) is 0 Å². The summed E-state index contributed by atoms with van der Waals surface area (Å²) in [5.41, 5.74) is 9.10. The molecule has 0 bridgehead atoms. The van der Waals surface area contributed by atoms with Crippen LogP contribution >= 0.6 is 0 Å². The lowest BCUT2D eigenvalue weighted by Gasteiger charge is -2.11. The van der Waals surface area contributed by atoms with Gasteiger partial charge in [-0.15, -0.1) is 0 Å². The Bertz CT molecular complexity index is 767. The van der Waals surface area contributed by atoms with Gasteiger partial charge in [-0.25, -0.2) is 4.79 Å². The number of nitrogens with two attached hydrogens (primary N) is 1. The highest BCUT2D eigenvalue weighted by Crippen LogP contribution is 2.20. The number of aryl methyl sites for hydroxylation is 1. The van der Waals surface area contributed by atoms with Crippen molar-refractivity contribution in [3.8, 4) is 0 Å². The predicted octanol–water partition coefficient (Wildman–Crippen LogP) is 3.18. The minimum Gasteiger partial charge on any atom is -0.478 e. The van der Waals surface area contributed by atoms with Gasteiger partial charge in [0.25, 0.3) is 5.91 Å². The topological polar surface area (TPSA) is 92.4 Å². The van der Waals surface area contributed by atoms with Crippen LogP contribution < -0.4 is 11.1 Å². The highest BCUT2D eigenvalue weighted by Gasteiger charge is 2.09. The maximum Gasteiger partial charge on any atom is 0.328 e. The lowest BCUT2D eigenvalue weighted by Crippen LogP contribution is -2.13. The number of aliphatic carboxylic acids is 1. The Morgan fingerprint density at radius 1 is 1.22 bits per heavy atom. The monoisotopic (exact) mass is 310 g/mol. The number of carbonyl (C=O) groups excluding carboxylic acids is 1. The number of amides is 1. The standard InChI is InChI=1S/C18H18N2O3/c1-2-13-10-12(7-9-17(21)22)6-8-16(13)20-18(23)14-4-3-5-15(19)11-14/h3-11H,2,19H2,1H3,(H,20,23)(H,21,22)/b9-7+. The van der Waals surface area contributed by atoms with Crippen LogP contribution in [0.2, 0.25) is 0 Å². The largest absolute Gasteiger partial charge is 0.478 e. The van der Waals surface area contributed by atoms with Crippen LogP contribution in [-0.2, 0) is 11.2 Å². The quantitative estimate of drug-likeness (QED) is 0.584. The number of anilines is 2. The fourth-order valence-corrected chi connectivity index (χ4v) is 2.17. The van der Waals surface area contributed by atoms with Crippen molar-refractivity contribution in [1.29, 1.82) is 0 Å². The maximum absolute atomic E-state index is 12.3. The van der Waals surface area contributed by atoms with Crippen LogP contribution in [0, 0.1) is 0 Å². The van der Waals surface area contributed by atoms with Crippen LogP contribution in [0.5, 0.6) is 0 Å². The highest BCUT2D eigenvalue weighted by molar-refractivity contribution is 6.05. The Morgan fingerprint density at radius 2 is 2.00 bits per heavy atom. The molecule has 5 nitrogen and oxygen atoms in total. The average Bonchev–Trinajstić information content (AvgIpc) is 2.53. The van der Waals surface area contributed by atoms with Gasteiger partial charge in [0.05, 0.1) is 0 Å². The molecule has 0 atom stereocenters. The number of hydrogen-bond donors (Lipinski definition) is 3. The van der Waals surface area contributed by atoms with Crippen LogP contribution in [-0.4, -0.2) is 17.0 Å². The molecule has 0 unspecified atom stereocenters. The van der Waals surface area contributed by atoms with Crippen molar-refractivity contribution in [3.05, 3.63) is 65.2 Å². The van der Waals surface area contributed by atoms with Crippen LogP contribution in [0.4, 0.5) is 11.4 Å². The van der Waals surface area contributed by atoms with Gasteiger partial charge in [0.15, 0.2) is 0 Å². The van der Waals surface area contributed by atoms with E-state index in [0.29, 0.717) is 23.4 Å². The van der Waals surface area contributed by atoms with Crippen molar-refractivity contribution in [2.75, 3.05) is 11.1 Å². The van der Waals surface area contributed by atoms with Gasteiger partial charge in [0.1, 0.15) is 0 Å². The Hall–Kier alpha value is -3.08. The lowest BCUT2D eigenvalue weighted by atomic mass is 10.1. The number of benzene rings is 2. The van der Waals surface area contributed by atoms with E-state index in [0.717, 1.165) is 17.2 Å². The molecule has 2 aromatic carbocycles. The van der Waals surface area contributed by atoms with Crippen LogP contribution in [0.3, 0.4) is 0 Å². The second-order valence-corrected chi connectivity index (χ2v) is 5.02. The number of hydrogen-bond acceptors (Lipinski definition) is 3. The SMILES string of the molecule is CCc1cc(/C=C/C(=O)O)ccc1NC(=O)c1cccc(N)c1. The van der Waals surface area contributed by atoms with Crippen molar-refractivity contribution in [1.82, 2.24) is 0 Å². The number of carboxylic acid groups (broad SMARTS) is 1. The Kier molecular flexibility index (Phi) is 5.15. The van der Waals surface area contributed by atoms with E-state index in [1.165, 1.54) is 6.08 Å². The van der Waals surface area contributed by atoms with E-state index in [9.17, 15) is 9.59 Å². The first kappa shape index (κ1) is 16.3. The summed E-state index contributed by atoms with van der Waals surface area (Å²) in [4.78, 5) is 22.8. The van der Waals surface area contributed by atoms with E-state index >= 15 is 0 Å². The number of nitrogen functional groups attached to an aromatic ring is 1. The first-order chi connectivity index (χ1) is 11.0. The van der Waals surface area contributed by atoms with E-state index in [2.05, 4.69) is 5.32 Å². The normalized spacial score (nSPS) is 10.7. The molecule has 1 amide bonds. The fourth-order valence-electron chi connectivity index (χ4n) is 2.17. The third-order valence-electron chi connectivity index (χ3n) is 3.33. The molecule has 2 aromatic rings. The number of rotatable bonds is 5.